The molecule has 0 atom stereocenters. The first kappa shape index (κ1) is 14.0. The lowest BCUT2D eigenvalue weighted by Crippen LogP contribution is -2.27. The molecule has 1 fully saturated rings. The number of carbonyl (C=O) groups is 1. The maximum absolute atomic E-state index is 12.6. The second-order valence-corrected chi connectivity index (χ2v) is 5.08. The molecule has 0 unspecified atom stereocenters. The molecule has 0 aromatic heterocycles. The van der Waals surface area contributed by atoms with Crippen LogP contribution in [-0.4, -0.2) is 25.3 Å². The van der Waals surface area contributed by atoms with E-state index >= 15 is 0 Å². The lowest BCUT2D eigenvalue weighted by atomic mass is 9.96. The summed E-state index contributed by atoms with van der Waals surface area (Å²) in [7, 11) is 0. The lowest BCUT2D eigenvalue weighted by Gasteiger charge is -2.24. The van der Waals surface area contributed by atoms with E-state index in [2.05, 4.69) is 0 Å². The number of carbonyl (C=O) groups excluding carboxylic acids is 1. The first-order valence-corrected chi connectivity index (χ1v) is 7.25. The Labute approximate surface area is 124 Å². The zero-order chi connectivity index (χ0) is 14.5. The summed E-state index contributed by atoms with van der Waals surface area (Å²) in [6.07, 6.45) is 1.29. The molecular weight excluding hydrogens is 264 g/mol. The highest BCUT2D eigenvalue weighted by atomic mass is 16.7. The highest BCUT2D eigenvalue weighted by molar-refractivity contribution is 6.09. The molecule has 0 spiro atoms. The van der Waals surface area contributed by atoms with Crippen LogP contribution in [0.25, 0.3) is 0 Å². The molecule has 1 aliphatic rings. The van der Waals surface area contributed by atoms with Crippen molar-refractivity contribution in [2.75, 3.05) is 13.2 Å². The molecule has 2 aromatic rings. The van der Waals surface area contributed by atoms with Crippen molar-refractivity contribution in [3.8, 4) is 0 Å². The number of ketones is 1. The van der Waals surface area contributed by atoms with Gasteiger partial charge in [0.05, 0.1) is 13.2 Å². The zero-order valence-electron chi connectivity index (χ0n) is 11.8. The molecule has 0 saturated carbocycles. The first-order chi connectivity index (χ1) is 10.3. The van der Waals surface area contributed by atoms with Crippen LogP contribution in [0.2, 0.25) is 0 Å². The fourth-order valence-corrected chi connectivity index (χ4v) is 2.50. The van der Waals surface area contributed by atoms with E-state index in [-0.39, 0.29) is 12.1 Å². The topological polar surface area (TPSA) is 35.5 Å². The Morgan fingerprint density at radius 2 is 1.62 bits per heavy atom. The number of hydrogen-bond acceptors (Lipinski definition) is 3. The van der Waals surface area contributed by atoms with Gasteiger partial charge in [0.15, 0.2) is 12.1 Å². The van der Waals surface area contributed by atoms with Gasteiger partial charge in [-0.15, -0.1) is 0 Å². The van der Waals surface area contributed by atoms with E-state index in [0.29, 0.717) is 12.0 Å². The summed E-state index contributed by atoms with van der Waals surface area (Å²) in [5.74, 6) is 0.0435. The van der Waals surface area contributed by atoms with Gasteiger partial charge in [-0.05, 0) is 12.0 Å². The second-order valence-electron chi connectivity index (χ2n) is 5.08. The lowest BCUT2D eigenvalue weighted by molar-refractivity contribution is -0.176. The fourth-order valence-electron chi connectivity index (χ4n) is 2.50. The summed E-state index contributed by atoms with van der Waals surface area (Å²) in [5.41, 5.74) is 2.40. The van der Waals surface area contributed by atoms with E-state index in [4.69, 9.17) is 9.47 Å². The summed E-state index contributed by atoms with van der Waals surface area (Å²) in [5, 5.41) is 0. The van der Waals surface area contributed by atoms with E-state index in [9.17, 15) is 4.79 Å². The van der Waals surface area contributed by atoms with Gasteiger partial charge >= 0.3 is 0 Å². The van der Waals surface area contributed by atoms with Gasteiger partial charge in [0.25, 0.3) is 0 Å². The van der Waals surface area contributed by atoms with Crippen LogP contribution < -0.4 is 0 Å². The van der Waals surface area contributed by atoms with Gasteiger partial charge in [-0.2, -0.15) is 0 Å². The Morgan fingerprint density at radius 1 is 0.952 bits per heavy atom. The molecule has 0 N–H and O–H groups in total. The molecule has 1 saturated heterocycles. The van der Waals surface area contributed by atoms with Gasteiger partial charge in [-0.1, -0.05) is 54.6 Å². The minimum Gasteiger partial charge on any atom is -0.352 e. The van der Waals surface area contributed by atoms with Crippen LogP contribution in [0.5, 0.6) is 0 Å². The van der Waals surface area contributed by atoms with Crippen LogP contribution in [-0.2, 0) is 15.9 Å². The van der Waals surface area contributed by atoms with Crippen molar-refractivity contribution in [2.24, 2.45) is 0 Å². The van der Waals surface area contributed by atoms with Crippen LogP contribution in [0, 0.1) is 0 Å². The van der Waals surface area contributed by atoms with Gasteiger partial charge in [0, 0.05) is 17.5 Å². The van der Waals surface area contributed by atoms with Crippen molar-refractivity contribution in [3.63, 3.8) is 0 Å². The molecule has 108 valence electrons. The van der Waals surface area contributed by atoms with Crippen molar-refractivity contribution in [1.82, 2.24) is 0 Å². The SMILES string of the molecule is O=C(c1ccccc1)c1ccccc1CC1OCCCO1. The zero-order valence-corrected chi connectivity index (χ0v) is 11.8. The Balaban J connectivity index is 1.83. The van der Waals surface area contributed by atoms with Gasteiger partial charge in [-0.25, -0.2) is 0 Å². The van der Waals surface area contributed by atoms with Crippen molar-refractivity contribution in [1.29, 1.82) is 0 Å². The van der Waals surface area contributed by atoms with Crippen LogP contribution in [0.4, 0.5) is 0 Å². The maximum Gasteiger partial charge on any atom is 0.193 e. The quantitative estimate of drug-likeness (QED) is 0.808. The summed E-state index contributed by atoms with van der Waals surface area (Å²) in [6, 6.07) is 17.0. The molecule has 3 rings (SSSR count). The number of benzene rings is 2. The number of rotatable bonds is 4. The molecule has 1 heterocycles. The highest BCUT2D eigenvalue weighted by Crippen LogP contribution is 2.19. The summed E-state index contributed by atoms with van der Waals surface area (Å²) in [6.45, 7) is 1.44. The Hall–Kier alpha value is -1.97. The van der Waals surface area contributed by atoms with Crippen molar-refractivity contribution in [3.05, 3.63) is 71.3 Å². The van der Waals surface area contributed by atoms with Crippen LogP contribution in [0.15, 0.2) is 54.6 Å². The predicted molar refractivity (Wildman–Crippen MR) is 80.3 cm³/mol. The minimum atomic E-state index is -0.247. The fraction of sp³-hybridized carbons (Fsp3) is 0.278. The third-order valence-corrected chi connectivity index (χ3v) is 3.58. The molecule has 1 aliphatic heterocycles. The summed E-state index contributed by atoms with van der Waals surface area (Å²) in [4.78, 5) is 12.6. The molecule has 0 bridgehead atoms. The molecule has 3 heteroatoms. The molecule has 0 amide bonds. The summed E-state index contributed by atoms with van der Waals surface area (Å²) >= 11 is 0. The molecule has 0 radical (unpaired) electrons. The third kappa shape index (κ3) is 3.38. The van der Waals surface area contributed by atoms with Gasteiger partial charge < -0.3 is 9.47 Å². The Morgan fingerprint density at radius 3 is 2.38 bits per heavy atom. The van der Waals surface area contributed by atoms with Gasteiger partial charge in [0.1, 0.15) is 0 Å². The predicted octanol–water partition coefficient (Wildman–Crippen LogP) is 3.22. The standard InChI is InChI=1S/C18H18O3/c19-18(14-7-2-1-3-8-14)16-10-5-4-9-15(16)13-17-20-11-6-12-21-17/h1-5,7-10,17H,6,11-13H2. The number of hydrogen-bond donors (Lipinski definition) is 0. The molecular formula is C18H18O3. The normalized spacial score (nSPS) is 15.8. The van der Waals surface area contributed by atoms with Crippen molar-refractivity contribution in [2.45, 2.75) is 19.1 Å². The second kappa shape index (κ2) is 6.66. The average Bonchev–Trinajstić information content (AvgIpc) is 2.56. The van der Waals surface area contributed by atoms with Gasteiger partial charge in [-0.3, -0.25) is 4.79 Å². The Kier molecular flexibility index (Phi) is 4.43. The van der Waals surface area contributed by atoms with Crippen LogP contribution in [0.3, 0.4) is 0 Å². The largest absolute Gasteiger partial charge is 0.352 e. The molecule has 21 heavy (non-hydrogen) atoms. The minimum absolute atomic E-state index is 0.0435. The smallest absolute Gasteiger partial charge is 0.193 e. The van der Waals surface area contributed by atoms with Crippen molar-refractivity contribution >= 4 is 5.78 Å². The molecule has 3 nitrogen and oxygen atoms in total. The highest BCUT2D eigenvalue weighted by Gasteiger charge is 2.19. The van der Waals surface area contributed by atoms with E-state index in [1.54, 1.807) is 0 Å². The van der Waals surface area contributed by atoms with E-state index in [1.807, 2.05) is 54.6 Å². The van der Waals surface area contributed by atoms with Crippen molar-refractivity contribution < 1.29 is 14.3 Å². The van der Waals surface area contributed by atoms with E-state index in [1.165, 1.54) is 0 Å². The summed E-state index contributed by atoms with van der Waals surface area (Å²) < 4.78 is 11.2. The average molecular weight is 282 g/mol. The van der Waals surface area contributed by atoms with E-state index in [0.717, 1.165) is 30.8 Å². The third-order valence-electron chi connectivity index (χ3n) is 3.58. The Bertz CT molecular complexity index is 601. The monoisotopic (exact) mass is 282 g/mol. The van der Waals surface area contributed by atoms with Gasteiger partial charge in [0.2, 0.25) is 0 Å². The number of ether oxygens (including phenoxy) is 2. The maximum atomic E-state index is 12.6. The first-order valence-electron chi connectivity index (χ1n) is 7.25. The molecule has 2 aromatic carbocycles. The van der Waals surface area contributed by atoms with E-state index < -0.39 is 0 Å². The van der Waals surface area contributed by atoms with Crippen LogP contribution >= 0.6 is 0 Å². The van der Waals surface area contributed by atoms with Crippen LogP contribution in [0.1, 0.15) is 27.9 Å². The molecule has 0 aliphatic carbocycles.